The first-order chi connectivity index (χ1) is 18.0. The average Bonchev–Trinajstić information content (AvgIpc) is 3.39. The molecule has 188 valence electrons. The number of amides is 2. The molecule has 9 heteroatoms. The zero-order valence-corrected chi connectivity index (χ0v) is 21.5. The third-order valence-electron chi connectivity index (χ3n) is 7.16. The highest BCUT2D eigenvalue weighted by Gasteiger charge is 2.45. The van der Waals surface area contributed by atoms with E-state index in [-0.39, 0.29) is 18.0 Å². The van der Waals surface area contributed by atoms with Gasteiger partial charge in [0.2, 0.25) is 0 Å². The quantitative estimate of drug-likeness (QED) is 0.339. The van der Waals surface area contributed by atoms with E-state index in [1.54, 1.807) is 29.3 Å². The molecule has 0 radical (unpaired) electrons. The van der Waals surface area contributed by atoms with Crippen molar-refractivity contribution in [2.24, 2.45) is 0 Å². The van der Waals surface area contributed by atoms with E-state index < -0.39 is 5.60 Å². The van der Waals surface area contributed by atoms with Crippen molar-refractivity contribution in [3.8, 4) is 11.5 Å². The van der Waals surface area contributed by atoms with Crippen molar-refractivity contribution in [1.82, 2.24) is 20.4 Å². The van der Waals surface area contributed by atoms with Gasteiger partial charge < -0.3 is 19.7 Å². The number of likely N-dealkylation sites (tertiary alicyclic amines) is 1. The van der Waals surface area contributed by atoms with Crippen LogP contribution in [0.25, 0.3) is 10.9 Å². The summed E-state index contributed by atoms with van der Waals surface area (Å²) >= 11 is 3.56. The Hall–Kier alpha value is -3.85. The Bertz CT molecular complexity index is 1460. The molecule has 1 saturated heterocycles. The largest absolute Gasteiger partial charge is 0.487 e. The molecule has 3 heterocycles. The number of carbonyl (C=O) groups is 2. The fourth-order valence-electron chi connectivity index (χ4n) is 5.22. The predicted octanol–water partition coefficient (Wildman–Crippen LogP) is 5.61. The van der Waals surface area contributed by atoms with Gasteiger partial charge in [0.1, 0.15) is 17.1 Å². The summed E-state index contributed by atoms with van der Waals surface area (Å²) < 4.78 is 13.0. The van der Waals surface area contributed by atoms with Crippen LogP contribution in [-0.2, 0) is 0 Å². The number of hydrogen-bond acceptors (Lipinski definition) is 5. The molecule has 0 saturated carbocycles. The summed E-state index contributed by atoms with van der Waals surface area (Å²) in [4.78, 5) is 27.9. The van der Waals surface area contributed by atoms with Gasteiger partial charge >= 0.3 is 6.09 Å². The first-order valence-corrected chi connectivity index (χ1v) is 13.0. The van der Waals surface area contributed by atoms with E-state index >= 15 is 0 Å². The Morgan fingerprint density at radius 2 is 1.89 bits per heavy atom. The SMILES string of the molecule is O=C(N[C@H]1CC2(CCN(C(=O)Oc3ccccc3)CC2)Oc2ccc(Br)cc21)c1cccc2cn[nH]c12. The minimum absolute atomic E-state index is 0.174. The summed E-state index contributed by atoms with van der Waals surface area (Å²) in [6.07, 6.45) is 3.21. The molecule has 37 heavy (non-hydrogen) atoms. The van der Waals surface area contributed by atoms with Gasteiger partial charge in [0.25, 0.3) is 5.91 Å². The van der Waals surface area contributed by atoms with Crippen LogP contribution in [0.4, 0.5) is 4.79 Å². The van der Waals surface area contributed by atoms with E-state index in [0.717, 1.165) is 21.2 Å². The molecule has 0 bridgehead atoms. The van der Waals surface area contributed by atoms with Gasteiger partial charge in [-0.3, -0.25) is 9.89 Å². The highest BCUT2D eigenvalue weighted by molar-refractivity contribution is 9.10. The number of aromatic amines is 1. The number of ether oxygens (including phenoxy) is 2. The fraction of sp³-hybridized carbons (Fsp3) is 0.250. The number of halogens is 1. The normalized spacial score (nSPS) is 18.2. The van der Waals surface area contributed by atoms with Crippen LogP contribution in [0.3, 0.4) is 0 Å². The second-order valence-electron chi connectivity index (χ2n) is 9.51. The Balaban J connectivity index is 1.21. The topological polar surface area (TPSA) is 96.6 Å². The average molecular weight is 561 g/mol. The van der Waals surface area contributed by atoms with Crippen molar-refractivity contribution in [2.75, 3.05) is 13.1 Å². The van der Waals surface area contributed by atoms with Gasteiger partial charge in [-0.15, -0.1) is 0 Å². The van der Waals surface area contributed by atoms with E-state index in [9.17, 15) is 9.59 Å². The molecule has 6 rings (SSSR count). The van der Waals surface area contributed by atoms with E-state index in [1.807, 2.05) is 48.5 Å². The molecule has 0 unspecified atom stereocenters. The molecule has 3 aromatic carbocycles. The number of nitrogens with one attached hydrogen (secondary N) is 2. The van der Waals surface area contributed by atoms with Crippen molar-refractivity contribution < 1.29 is 19.1 Å². The molecule has 0 aliphatic carbocycles. The highest BCUT2D eigenvalue weighted by atomic mass is 79.9. The van der Waals surface area contributed by atoms with E-state index in [0.29, 0.717) is 49.2 Å². The van der Waals surface area contributed by atoms with Gasteiger partial charge in [-0.05, 0) is 36.4 Å². The van der Waals surface area contributed by atoms with Crippen LogP contribution in [0.15, 0.2) is 77.4 Å². The van der Waals surface area contributed by atoms with Crippen LogP contribution in [-0.4, -0.2) is 45.8 Å². The summed E-state index contributed by atoms with van der Waals surface area (Å²) in [7, 11) is 0. The monoisotopic (exact) mass is 560 g/mol. The van der Waals surface area contributed by atoms with E-state index in [4.69, 9.17) is 9.47 Å². The molecule has 4 aromatic rings. The van der Waals surface area contributed by atoms with Crippen LogP contribution in [0.1, 0.15) is 41.2 Å². The number of rotatable bonds is 3. The smallest absolute Gasteiger partial charge is 0.415 e. The molecule has 2 amide bonds. The number of hydrogen-bond donors (Lipinski definition) is 2. The first-order valence-electron chi connectivity index (χ1n) is 12.2. The Labute approximate surface area is 222 Å². The molecule has 1 fully saturated rings. The zero-order chi connectivity index (χ0) is 25.4. The Kier molecular flexibility index (Phi) is 6.08. The van der Waals surface area contributed by atoms with E-state index in [1.165, 1.54) is 0 Å². The van der Waals surface area contributed by atoms with Crippen LogP contribution >= 0.6 is 15.9 Å². The van der Waals surface area contributed by atoms with Crippen molar-refractivity contribution >= 4 is 38.8 Å². The summed E-state index contributed by atoms with van der Waals surface area (Å²) in [5.74, 6) is 1.10. The highest BCUT2D eigenvalue weighted by Crippen LogP contribution is 2.45. The molecule has 2 N–H and O–H groups in total. The minimum atomic E-state index is -0.498. The maximum Gasteiger partial charge on any atom is 0.415 e. The summed E-state index contributed by atoms with van der Waals surface area (Å²) in [5.41, 5.74) is 1.69. The number of carbonyl (C=O) groups excluding carboxylic acids is 2. The van der Waals surface area contributed by atoms with Crippen molar-refractivity contribution in [3.05, 3.63) is 88.5 Å². The summed E-state index contributed by atoms with van der Waals surface area (Å²) in [5, 5.41) is 11.1. The Morgan fingerprint density at radius 3 is 2.70 bits per heavy atom. The Morgan fingerprint density at radius 1 is 1.08 bits per heavy atom. The third kappa shape index (κ3) is 4.67. The van der Waals surface area contributed by atoms with Crippen molar-refractivity contribution in [3.63, 3.8) is 0 Å². The number of aromatic nitrogens is 2. The number of para-hydroxylation sites is 2. The number of benzene rings is 3. The number of H-pyrrole nitrogens is 1. The van der Waals surface area contributed by atoms with Gasteiger partial charge in [0, 0.05) is 47.8 Å². The standard InChI is InChI=1S/C28H25BrN4O4/c29-19-9-10-24-22(15-19)23(31-26(34)21-8-4-5-18-17-30-32-25(18)21)16-28(37-24)11-13-33(14-12-28)27(35)36-20-6-2-1-3-7-20/h1-10,15,17,23H,11-14,16H2,(H,30,32)(H,31,34)/t23-/m0/s1. The number of fused-ring (bicyclic) bond motifs is 2. The molecule has 1 aromatic heterocycles. The predicted molar refractivity (Wildman–Crippen MR) is 142 cm³/mol. The molecule has 8 nitrogen and oxygen atoms in total. The van der Waals surface area contributed by atoms with Crippen LogP contribution in [0, 0.1) is 0 Å². The number of nitrogens with zero attached hydrogens (tertiary/aromatic N) is 2. The van der Waals surface area contributed by atoms with Gasteiger partial charge in [-0.2, -0.15) is 5.10 Å². The molecule has 1 spiro atoms. The lowest BCUT2D eigenvalue weighted by Gasteiger charge is -2.46. The van der Waals surface area contributed by atoms with Crippen molar-refractivity contribution in [1.29, 1.82) is 0 Å². The van der Waals surface area contributed by atoms with Crippen LogP contribution in [0.2, 0.25) is 0 Å². The molecular weight excluding hydrogens is 536 g/mol. The minimum Gasteiger partial charge on any atom is -0.487 e. The first kappa shape index (κ1) is 23.5. The van der Waals surface area contributed by atoms with E-state index in [2.05, 4.69) is 31.4 Å². The second kappa shape index (κ2) is 9.55. The molecule has 1 atom stereocenters. The molecule has 2 aliphatic heterocycles. The van der Waals surface area contributed by atoms with Gasteiger partial charge in [0.15, 0.2) is 0 Å². The number of piperidine rings is 1. The third-order valence-corrected chi connectivity index (χ3v) is 7.65. The fourth-order valence-corrected chi connectivity index (χ4v) is 5.60. The lowest BCUT2D eigenvalue weighted by molar-refractivity contribution is -0.0198. The van der Waals surface area contributed by atoms with Crippen LogP contribution < -0.4 is 14.8 Å². The summed E-state index contributed by atoms with van der Waals surface area (Å²) in [6.45, 7) is 1.01. The van der Waals surface area contributed by atoms with Gasteiger partial charge in [-0.25, -0.2) is 4.79 Å². The van der Waals surface area contributed by atoms with Crippen LogP contribution in [0.5, 0.6) is 11.5 Å². The molecule has 2 aliphatic rings. The van der Waals surface area contributed by atoms with Gasteiger partial charge in [-0.1, -0.05) is 46.3 Å². The lowest BCUT2D eigenvalue weighted by atomic mass is 9.80. The summed E-state index contributed by atoms with van der Waals surface area (Å²) in [6, 6.07) is 20.3. The molecular formula is C28H25BrN4O4. The van der Waals surface area contributed by atoms with Gasteiger partial charge in [0.05, 0.1) is 23.3 Å². The maximum atomic E-state index is 13.4. The second-order valence-corrected chi connectivity index (χ2v) is 10.4. The zero-order valence-electron chi connectivity index (χ0n) is 19.9. The van der Waals surface area contributed by atoms with Crippen molar-refractivity contribution in [2.45, 2.75) is 30.9 Å². The lowest BCUT2D eigenvalue weighted by Crippen LogP contribution is -2.53. The maximum absolute atomic E-state index is 13.4.